The molecule has 0 aromatic heterocycles. The quantitative estimate of drug-likeness (QED) is 0.464. The summed E-state index contributed by atoms with van der Waals surface area (Å²) in [6.07, 6.45) is 19.2. The van der Waals surface area contributed by atoms with Crippen LogP contribution in [0.2, 0.25) is 0 Å². The second-order valence-electron chi connectivity index (χ2n) is 4.04. The fourth-order valence-electron chi connectivity index (χ4n) is 1.83. The van der Waals surface area contributed by atoms with Crippen LogP contribution >= 0.6 is 34.0 Å². The van der Waals surface area contributed by atoms with E-state index in [1.165, 1.54) is 0 Å². The first-order valence-corrected chi connectivity index (χ1v) is 14.8. The fourth-order valence-corrected chi connectivity index (χ4v) is 24.3. The monoisotopic (exact) mass is 354 g/mol. The van der Waals surface area contributed by atoms with Gasteiger partial charge in [0.1, 0.15) is 3.64 Å². The highest BCUT2D eigenvalue weighted by atomic mass is 33.5. The molecule has 3 atom stereocenters. The highest BCUT2D eigenvalue weighted by molar-refractivity contribution is 9.30. The van der Waals surface area contributed by atoms with Gasteiger partial charge in [0.05, 0.1) is 0 Å². The van der Waals surface area contributed by atoms with E-state index in [4.69, 9.17) is 11.8 Å². The summed E-state index contributed by atoms with van der Waals surface area (Å²) in [5, 5.41) is 13.9. The van der Waals surface area contributed by atoms with Crippen LogP contribution in [0.3, 0.4) is 0 Å². The Morgan fingerprint density at radius 1 is 0.500 bits per heavy atom. The Hall–Kier alpha value is -0.250. The van der Waals surface area contributed by atoms with Crippen LogP contribution in [0.5, 0.6) is 0 Å². The zero-order chi connectivity index (χ0) is 13.8. The molecule has 0 N–H and O–H groups in total. The summed E-state index contributed by atoms with van der Waals surface area (Å²) >= 11 is 6.36. The molecule has 3 aliphatic heterocycles. The maximum absolute atomic E-state index is 6.36. The van der Waals surface area contributed by atoms with Crippen molar-refractivity contribution in [1.82, 2.24) is 0 Å². The first-order chi connectivity index (χ1) is 9.82. The van der Waals surface area contributed by atoms with E-state index in [0.717, 1.165) is 0 Å². The second kappa shape index (κ2) is 6.67. The predicted molar refractivity (Wildman–Crippen MR) is 110 cm³/mol. The molecule has 0 aromatic carbocycles. The molecule has 3 rings (SSSR count). The lowest BCUT2D eigenvalue weighted by Crippen LogP contribution is -1.83. The lowest BCUT2D eigenvalue weighted by atomic mass is 10.5. The summed E-state index contributed by atoms with van der Waals surface area (Å²) in [6.45, 7) is 0. The normalized spacial score (nSPS) is 33.1. The van der Waals surface area contributed by atoms with Gasteiger partial charge in [-0.1, -0.05) is 66.5 Å². The minimum absolute atomic E-state index is 0.0823. The molecule has 3 unspecified atom stereocenters. The topological polar surface area (TPSA) is 0 Å². The number of rotatable bonds is 3. The van der Waals surface area contributed by atoms with Crippen molar-refractivity contribution in [2.45, 2.75) is 0 Å². The third kappa shape index (κ3) is 2.86. The van der Waals surface area contributed by atoms with Crippen molar-refractivity contribution >= 4 is 61.9 Å². The Kier molecular flexibility index (Phi) is 4.90. The zero-order valence-electron chi connectivity index (χ0n) is 10.7. The van der Waals surface area contributed by atoms with Gasteiger partial charge in [-0.05, 0) is 32.3 Å². The van der Waals surface area contributed by atoms with E-state index in [9.17, 15) is 0 Å². The van der Waals surface area contributed by atoms with Crippen LogP contribution < -0.4 is 0 Å². The van der Waals surface area contributed by atoms with Gasteiger partial charge in [-0.3, -0.25) is 0 Å². The molecule has 0 spiro atoms. The summed E-state index contributed by atoms with van der Waals surface area (Å²) < 4.78 is -1.61. The lowest BCUT2D eigenvalue weighted by molar-refractivity contribution is 2.06. The molecule has 5 heteroatoms. The Labute approximate surface area is 132 Å². The smallest absolute Gasteiger partial charge is 0.104 e. The second-order valence-corrected chi connectivity index (χ2v) is 23.2. The average Bonchev–Trinajstić information content (AvgIpc) is 2.56. The van der Waals surface area contributed by atoms with Crippen LogP contribution in [-0.4, -0.2) is 16.1 Å². The predicted octanol–water partition coefficient (Wildman–Crippen LogP) is 5.67. The van der Waals surface area contributed by atoms with E-state index in [1.54, 1.807) is 0 Å². The Morgan fingerprint density at radius 3 is 1.10 bits per heavy atom. The summed E-state index contributed by atoms with van der Waals surface area (Å²) in [7, 11) is 0.247. The minimum Gasteiger partial charge on any atom is -0.111 e. The molecule has 0 aliphatic carbocycles. The number of hydrogen-bond donors (Lipinski definition) is 0. The first kappa shape index (κ1) is 14.7. The molecule has 20 heavy (non-hydrogen) atoms. The summed E-state index contributed by atoms with van der Waals surface area (Å²) in [6, 6.07) is 0. The summed E-state index contributed by atoms with van der Waals surface area (Å²) in [5.74, 6) is 0. The lowest BCUT2D eigenvalue weighted by Gasteiger charge is -2.30. The molecular formula is C15H15PS4. The third-order valence-corrected chi connectivity index (χ3v) is 27.7. The first-order valence-electron chi connectivity index (χ1n) is 6.14. The van der Waals surface area contributed by atoms with Crippen LogP contribution in [0.4, 0.5) is 0 Å². The van der Waals surface area contributed by atoms with Gasteiger partial charge in [0.25, 0.3) is 0 Å². The van der Waals surface area contributed by atoms with Crippen molar-refractivity contribution in [3.63, 3.8) is 0 Å². The average molecular weight is 355 g/mol. The van der Waals surface area contributed by atoms with E-state index in [1.807, 2.05) is 0 Å². The number of allylic oxidation sites excluding steroid dienone is 9. The minimum atomic E-state index is -1.61. The highest BCUT2D eigenvalue weighted by Gasteiger charge is 2.26. The van der Waals surface area contributed by atoms with E-state index < -0.39 is 3.64 Å². The highest BCUT2D eigenvalue weighted by Crippen LogP contribution is 2.88. The van der Waals surface area contributed by atoms with Gasteiger partial charge in [-0.2, -0.15) is 0 Å². The van der Waals surface area contributed by atoms with Gasteiger partial charge in [0.15, 0.2) is 0 Å². The fraction of sp³-hybridized carbons (Fsp3) is 0. The summed E-state index contributed by atoms with van der Waals surface area (Å²) in [4.78, 5) is 0. The van der Waals surface area contributed by atoms with E-state index in [0.29, 0.717) is 0 Å². The molecule has 0 aromatic rings. The van der Waals surface area contributed by atoms with Gasteiger partial charge in [0, 0.05) is 0 Å². The third-order valence-electron chi connectivity index (χ3n) is 2.75. The van der Waals surface area contributed by atoms with Gasteiger partial charge < -0.3 is 0 Å². The molecule has 0 nitrogen and oxygen atoms in total. The van der Waals surface area contributed by atoms with Crippen LogP contribution in [0.25, 0.3) is 0 Å². The maximum Gasteiger partial charge on any atom is 0.104 e. The Bertz CT molecular complexity index is 640. The molecule has 0 amide bonds. The molecule has 0 saturated heterocycles. The van der Waals surface area contributed by atoms with Crippen molar-refractivity contribution in [3.8, 4) is 0 Å². The SMILES string of the molecule is S=P(S1=CC=CC=C1)(S1=CC=CC=C1)S1=CC=CC=C1. The maximum atomic E-state index is 6.36. The molecule has 3 heterocycles. The number of hydrogen-bond acceptors (Lipinski definition) is 1. The standard InChI is InChI=1S/C15H15PS4/c17-16(18-10-4-1-5-11-18,19-12-6-2-7-13-19)20-14-8-3-9-15-20/h1-15H. The largest absolute Gasteiger partial charge is 0.111 e. The van der Waals surface area contributed by atoms with E-state index >= 15 is 0 Å². The molecule has 0 bridgehead atoms. The molecule has 104 valence electrons. The van der Waals surface area contributed by atoms with Gasteiger partial charge >= 0.3 is 0 Å². The van der Waals surface area contributed by atoms with Crippen molar-refractivity contribution in [2.24, 2.45) is 0 Å². The van der Waals surface area contributed by atoms with E-state index in [2.05, 4.69) is 87.0 Å². The van der Waals surface area contributed by atoms with E-state index in [-0.39, 0.29) is 30.3 Å². The van der Waals surface area contributed by atoms with Gasteiger partial charge in [-0.15, -0.1) is 30.3 Å². The molecule has 3 aliphatic rings. The molecule has 0 saturated carbocycles. The van der Waals surface area contributed by atoms with Crippen molar-refractivity contribution in [2.75, 3.05) is 0 Å². The van der Waals surface area contributed by atoms with Crippen molar-refractivity contribution in [3.05, 3.63) is 70.9 Å². The Morgan fingerprint density at radius 2 is 0.850 bits per heavy atom. The van der Waals surface area contributed by atoms with Crippen molar-refractivity contribution < 1.29 is 0 Å². The molecular weight excluding hydrogens is 339 g/mol. The summed E-state index contributed by atoms with van der Waals surface area (Å²) in [5.41, 5.74) is 0. The van der Waals surface area contributed by atoms with Crippen molar-refractivity contribution in [1.29, 1.82) is 0 Å². The zero-order valence-corrected chi connectivity index (χ0v) is 14.9. The van der Waals surface area contributed by atoms with Crippen LogP contribution in [0, 0.1) is 0 Å². The van der Waals surface area contributed by atoms with Crippen LogP contribution in [0.15, 0.2) is 70.9 Å². The molecule has 0 fully saturated rings. The van der Waals surface area contributed by atoms with Gasteiger partial charge in [0.2, 0.25) is 0 Å². The molecule has 0 radical (unpaired) electrons. The van der Waals surface area contributed by atoms with Gasteiger partial charge in [-0.25, -0.2) is 0 Å². The van der Waals surface area contributed by atoms with Crippen LogP contribution in [-0.2, 0) is 11.8 Å². The Balaban J connectivity index is 2.18. The van der Waals surface area contributed by atoms with Crippen LogP contribution in [0.1, 0.15) is 0 Å².